The Morgan fingerprint density at radius 3 is 2.62 bits per heavy atom. The van der Waals surface area contributed by atoms with Gasteiger partial charge in [0.25, 0.3) is 5.91 Å². The molecule has 29 heavy (non-hydrogen) atoms. The summed E-state index contributed by atoms with van der Waals surface area (Å²) in [6.45, 7) is 0. The van der Waals surface area contributed by atoms with E-state index in [1.165, 1.54) is 17.4 Å². The lowest BCUT2D eigenvalue weighted by molar-refractivity contribution is -0.111. The number of amides is 2. The van der Waals surface area contributed by atoms with Crippen LogP contribution in [0.3, 0.4) is 0 Å². The second kappa shape index (κ2) is 8.39. The fourth-order valence-corrected chi connectivity index (χ4v) is 5.00. The Bertz CT molecular complexity index is 1100. The number of halogens is 1. The summed E-state index contributed by atoms with van der Waals surface area (Å²) in [5, 5.41) is 3.35. The number of hydrogen-bond donors (Lipinski definition) is 2. The van der Waals surface area contributed by atoms with E-state index >= 15 is 0 Å². The normalized spacial score (nSPS) is 13.4. The van der Waals surface area contributed by atoms with Crippen LogP contribution in [0.15, 0.2) is 51.4 Å². The van der Waals surface area contributed by atoms with Crippen LogP contribution < -0.4 is 11.1 Å². The molecule has 0 atom stereocenters. The van der Waals surface area contributed by atoms with Crippen LogP contribution in [-0.2, 0) is 17.6 Å². The van der Waals surface area contributed by atoms with Gasteiger partial charge in [-0.2, -0.15) is 0 Å². The Kier molecular flexibility index (Phi) is 5.69. The molecule has 2 amide bonds. The monoisotopic (exact) mass is 470 g/mol. The molecule has 148 valence electrons. The number of fused-ring (bicyclic) bond motifs is 1. The molecule has 2 heterocycles. The van der Waals surface area contributed by atoms with Gasteiger partial charge in [-0.25, -0.2) is 0 Å². The van der Waals surface area contributed by atoms with Gasteiger partial charge in [-0.05, 0) is 61.6 Å². The van der Waals surface area contributed by atoms with Crippen molar-refractivity contribution in [1.82, 2.24) is 0 Å². The van der Waals surface area contributed by atoms with Gasteiger partial charge in [0.1, 0.15) is 16.5 Å². The van der Waals surface area contributed by atoms with Gasteiger partial charge < -0.3 is 15.5 Å². The number of carbonyl (C=O) groups is 2. The van der Waals surface area contributed by atoms with Crippen molar-refractivity contribution in [2.24, 2.45) is 5.73 Å². The number of furan rings is 1. The highest BCUT2D eigenvalue weighted by atomic mass is 79.9. The molecule has 3 N–H and O–H groups in total. The lowest BCUT2D eigenvalue weighted by Crippen LogP contribution is -2.17. The van der Waals surface area contributed by atoms with E-state index in [0.717, 1.165) is 51.9 Å². The van der Waals surface area contributed by atoms with Crippen molar-refractivity contribution < 1.29 is 14.0 Å². The number of anilines is 1. The average molecular weight is 471 g/mol. The van der Waals surface area contributed by atoms with Crippen molar-refractivity contribution in [2.75, 3.05) is 5.32 Å². The smallest absolute Gasteiger partial charge is 0.251 e. The van der Waals surface area contributed by atoms with E-state index < -0.39 is 5.91 Å². The summed E-state index contributed by atoms with van der Waals surface area (Å²) < 4.78 is 6.78. The third kappa shape index (κ3) is 4.36. The van der Waals surface area contributed by atoms with Gasteiger partial charge in [-0.3, -0.25) is 9.59 Å². The van der Waals surface area contributed by atoms with Gasteiger partial charge in [0.2, 0.25) is 5.91 Å². The van der Waals surface area contributed by atoms with Gasteiger partial charge in [-0.1, -0.05) is 28.1 Å². The first kappa shape index (κ1) is 19.7. The van der Waals surface area contributed by atoms with Gasteiger partial charge >= 0.3 is 0 Å². The number of thiophene rings is 1. The van der Waals surface area contributed by atoms with Gasteiger partial charge in [-0.15, -0.1) is 11.3 Å². The highest BCUT2D eigenvalue weighted by Gasteiger charge is 2.24. The molecule has 0 radical (unpaired) electrons. The number of benzene rings is 1. The molecular weight excluding hydrogens is 452 g/mol. The number of aryl methyl sites for hydroxylation is 1. The largest absolute Gasteiger partial charge is 0.457 e. The zero-order valence-electron chi connectivity index (χ0n) is 15.5. The van der Waals surface area contributed by atoms with Crippen molar-refractivity contribution in [3.8, 4) is 11.3 Å². The van der Waals surface area contributed by atoms with E-state index in [2.05, 4.69) is 21.2 Å². The molecule has 2 aromatic heterocycles. The van der Waals surface area contributed by atoms with E-state index in [0.29, 0.717) is 16.3 Å². The summed E-state index contributed by atoms with van der Waals surface area (Å²) in [7, 11) is 0. The summed E-state index contributed by atoms with van der Waals surface area (Å²) in [6, 6.07) is 11.5. The number of carbonyl (C=O) groups excluding carboxylic acids is 2. The SMILES string of the molecule is NC(=O)c1c(NC(=O)C=Cc2ccc(-c3ccc(Br)cc3)o2)sc2c1CCCC2. The Morgan fingerprint density at radius 2 is 1.86 bits per heavy atom. The third-order valence-corrected chi connectivity index (χ3v) is 6.54. The van der Waals surface area contributed by atoms with E-state index in [1.54, 1.807) is 12.1 Å². The van der Waals surface area contributed by atoms with Crippen LogP contribution in [0.1, 0.15) is 39.4 Å². The Hall–Kier alpha value is -2.64. The molecule has 4 rings (SSSR count). The highest BCUT2D eigenvalue weighted by molar-refractivity contribution is 9.10. The molecular formula is C22H19BrN2O3S. The van der Waals surface area contributed by atoms with Crippen LogP contribution in [-0.4, -0.2) is 11.8 Å². The van der Waals surface area contributed by atoms with E-state index in [-0.39, 0.29) is 5.91 Å². The van der Waals surface area contributed by atoms with Crippen LogP contribution in [0.25, 0.3) is 17.4 Å². The predicted octanol–water partition coefficient (Wildman–Crippen LogP) is 5.40. The van der Waals surface area contributed by atoms with Crippen LogP contribution in [0.2, 0.25) is 0 Å². The topological polar surface area (TPSA) is 85.3 Å². The molecule has 3 aromatic rings. The zero-order valence-corrected chi connectivity index (χ0v) is 17.9. The number of hydrogen-bond acceptors (Lipinski definition) is 4. The minimum absolute atomic E-state index is 0.326. The molecule has 0 saturated heterocycles. The van der Waals surface area contributed by atoms with E-state index in [4.69, 9.17) is 10.2 Å². The number of nitrogens with two attached hydrogens (primary N) is 1. The molecule has 7 heteroatoms. The summed E-state index contributed by atoms with van der Waals surface area (Å²) in [4.78, 5) is 25.5. The minimum atomic E-state index is -0.492. The minimum Gasteiger partial charge on any atom is -0.457 e. The molecule has 0 fully saturated rings. The second-order valence-electron chi connectivity index (χ2n) is 6.81. The third-order valence-electron chi connectivity index (χ3n) is 4.81. The molecule has 5 nitrogen and oxygen atoms in total. The first-order valence-electron chi connectivity index (χ1n) is 9.30. The molecule has 0 bridgehead atoms. The lowest BCUT2D eigenvalue weighted by Gasteiger charge is -2.11. The standard InChI is InChI=1S/C22H19BrN2O3S/c23-14-7-5-13(6-8-14)17-11-9-15(28-17)10-12-19(26)25-22-20(21(24)27)16-3-1-2-4-18(16)29-22/h5-12H,1-4H2,(H2,24,27)(H,25,26). The van der Waals surface area contributed by atoms with Crippen molar-refractivity contribution in [1.29, 1.82) is 0 Å². The van der Waals surface area contributed by atoms with Crippen LogP contribution in [0.4, 0.5) is 5.00 Å². The molecule has 1 aliphatic rings. The van der Waals surface area contributed by atoms with Crippen LogP contribution in [0, 0.1) is 0 Å². The van der Waals surface area contributed by atoms with Crippen molar-refractivity contribution in [3.63, 3.8) is 0 Å². The van der Waals surface area contributed by atoms with Crippen molar-refractivity contribution >= 4 is 50.2 Å². The number of rotatable bonds is 5. The van der Waals surface area contributed by atoms with Gasteiger partial charge in [0, 0.05) is 21.0 Å². The fraction of sp³-hybridized carbons (Fsp3) is 0.182. The zero-order chi connectivity index (χ0) is 20.4. The Labute approximate surface area is 180 Å². The maximum atomic E-state index is 12.4. The first-order chi connectivity index (χ1) is 14.0. The highest BCUT2D eigenvalue weighted by Crippen LogP contribution is 2.37. The van der Waals surface area contributed by atoms with Crippen LogP contribution in [0.5, 0.6) is 0 Å². The maximum absolute atomic E-state index is 12.4. The Morgan fingerprint density at radius 1 is 1.10 bits per heavy atom. The summed E-state index contributed by atoms with van der Waals surface area (Å²) >= 11 is 4.86. The van der Waals surface area contributed by atoms with Crippen LogP contribution >= 0.6 is 27.3 Å². The number of nitrogens with one attached hydrogen (secondary N) is 1. The molecule has 0 aliphatic heterocycles. The first-order valence-corrected chi connectivity index (χ1v) is 10.9. The fourth-order valence-electron chi connectivity index (χ4n) is 3.44. The summed E-state index contributed by atoms with van der Waals surface area (Å²) in [6.07, 6.45) is 6.90. The molecule has 1 aromatic carbocycles. The van der Waals surface area contributed by atoms with E-state index in [9.17, 15) is 9.59 Å². The molecule has 0 saturated carbocycles. The maximum Gasteiger partial charge on any atom is 0.251 e. The number of primary amides is 1. The average Bonchev–Trinajstić information content (AvgIpc) is 3.31. The molecule has 0 unspecified atom stereocenters. The van der Waals surface area contributed by atoms with Crippen molar-refractivity contribution in [3.05, 3.63) is 68.7 Å². The molecule has 0 spiro atoms. The second-order valence-corrected chi connectivity index (χ2v) is 8.83. The molecule has 1 aliphatic carbocycles. The quantitative estimate of drug-likeness (QED) is 0.489. The summed E-state index contributed by atoms with van der Waals surface area (Å²) in [5.41, 5.74) is 7.98. The van der Waals surface area contributed by atoms with Crippen molar-refractivity contribution in [2.45, 2.75) is 25.7 Å². The Balaban J connectivity index is 1.48. The lowest BCUT2D eigenvalue weighted by atomic mass is 9.95. The van der Waals surface area contributed by atoms with Gasteiger partial charge in [0.15, 0.2) is 0 Å². The van der Waals surface area contributed by atoms with E-state index in [1.807, 2.05) is 30.3 Å². The van der Waals surface area contributed by atoms with Gasteiger partial charge in [0.05, 0.1) is 5.56 Å². The summed E-state index contributed by atoms with van der Waals surface area (Å²) in [5.74, 6) is 0.472. The predicted molar refractivity (Wildman–Crippen MR) is 119 cm³/mol.